The molecule has 2 aliphatic rings. The van der Waals surface area contributed by atoms with Crippen molar-refractivity contribution in [2.75, 3.05) is 18.0 Å². The lowest BCUT2D eigenvalue weighted by Crippen LogP contribution is -2.28. The first-order valence-electron chi connectivity index (χ1n) is 21.2. The van der Waals surface area contributed by atoms with Gasteiger partial charge >= 0.3 is 0 Å². The molecule has 3 aromatic rings. The Morgan fingerprint density at radius 2 is 1.35 bits per heavy atom. The Hall–Kier alpha value is -3.96. The number of benzene rings is 3. The highest BCUT2D eigenvalue weighted by atomic mass is 32.2. The SMILES string of the molecule is CCCCCCCN1C(=CC=CCCC/C(C=CC2=[N+](CCCCCCC)c3ccccc3C2(C)C)=C/S(=O)(=O)c2ccccc2)C(C)(C)c2ccccc21. The summed E-state index contributed by atoms with van der Waals surface area (Å²) in [6.45, 7) is 15.8. The highest BCUT2D eigenvalue weighted by Gasteiger charge is 2.44. The number of para-hydroxylation sites is 2. The van der Waals surface area contributed by atoms with Crippen LogP contribution in [0.4, 0.5) is 11.4 Å². The second-order valence-electron chi connectivity index (χ2n) is 16.6. The minimum Gasteiger partial charge on any atom is -0.344 e. The van der Waals surface area contributed by atoms with Gasteiger partial charge in [0.1, 0.15) is 6.54 Å². The topological polar surface area (TPSA) is 40.4 Å². The fourth-order valence-electron chi connectivity index (χ4n) is 8.44. The third kappa shape index (κ3) is 10.5. The molecule has 0 aliphatic carbocycles. The van der Waals surface area contributed by atoms with Gasteiger partial charge in [0.2, 0.25) is 5.69 Å². The molecule has 4 nitrogen and oxygen atoms in total. The van der Waals surface area contributed by atoms with E-state index in [2.05, 4.69) is 130 Å². The minimum atomic E-state index is -3.61. The van der Waals surface area contributed by atoms with Crippen LogP contribution >= 0.6 is 0 Å². The maximum Gasteiger partial charge on any atom is 0.209 e. The maximum atomic E-state index is 13.7. The average Bonchev–Trinajstić information content (AvgIpc) is 3.53. The van der Waals surface area contributed by atoms with Crippen molar-refractivity contribution >= 4 is 26.9 Å². The molecular formula is C50H67N2O2S+. The largest absolute Gasteiger partial charge is 0.344 e. The zero-order valence-corrected chi connectivity index (χ0v) is 35.5. The summed E-state index contributed by atoms with van der Waals surface area (Å²) in [5, 5.41) is 1.51. The summed E-state index contributed by atoms with van der Waals surface area (Å²) < 4.78 is 29.8. The molecule has 0 saturated heterocycles. The van der Waals surface area contributed by atoms with Gasteiger partial charge in [-0.15, -0.1) is 0 Å². The van der Waals surface area contributed by atoms with E-state index in [1.807, 2.05) is 6.07 Å². The Labute approximate surface area is 334 Å². The van der Waals surface area contributed by atoms with Crippen LogP contribution in [0.1, 0.15) is 136 Å². The predicted octanol–water partition coefficient (Wildman–Crippen LogP) is 13.3. The van der Waals surface area contributed by atoms with Crippen LogP contribution in [0.2, 0.25) is 0 Å². The van der Waals surface area contributed by atoms with Crippen LogP contribution < -0.4 is 4.90 Å². The van der Waals surface area contributed by atoms with Crippen molar-refractivity contribution in [3.8, 4) is 0 Å². The summed E-state index contributed by atoms with van der Waals surface area (Å²) in [7, 11) is -3.61. The Morgan fingerprint density at radius 1 is 0.709 bits per heavy atom. The highest BCUT2D eigenvalue weighted by molar-refractivity contribution is 7.94. The first kappa shape index (κ1) is 42.2. The van der Waals surface area contributed by atoms with Crippen molar-refractivity contribution in [2.45, 2.75) is 141 Å². The summed E-state index contributed by atoms with van der Waals surface area (Å²) >= 11 is 0. The number of rotatable bonds is 21. The van der Waals surface area contributed by atoms with E-state index in [0.29, 0.717) is 11.3 Å². The van der Waals surface area contributed by atoms with Gasteiger partial charge in [-0.2, -0.15) is 4.58 Å². The van der Waals surface area contributed by atoms with E-state index in [0.717, 1.165) is 37.9 Å². The first-order valence-corrected chi connectivity index (χ1v) is 22.7. The molecule has 0 unspecified atom stereocenters. The monoisotopic (exact) mass is 759 g/mol. The van der Waals surface area contributed by atoms with E-state index in [1.54, 1.807) is 24.3 Å². The Balaban J connectivity index is 1.36. The molecule has 0 radical (unpaired) electrons. The predicted molar refractivity (Wildman–Crippen MR) is 236 cm³/mol. The average molecular weight is 760 g/mol. The molecule has 0 N–H and O–H groups in total. The number of sulfone groups is 1. The number of allylic oxidation sites excluding steroid dienone is 7. The van der Waals surface area contributed by atoms with Gasteiger partial charge in [-0.25, -0.2) is 8.42 Å². The fraction of sp³-hybridized carbons (Fsp3) is 0.460. The van der Waals surface area contributed by atoms with Crippen LogP contribution in [-0.4, -0.2) is 31.8 Å². The molecule has 0 bridgehead atoms. The minimum absolute atomic E-state index is 0.0639. The van der Waals surface area contributed by atoms with Crippen LogP contribution in [-0.2, 0) is 20.7 Å². The normalized spacial score (nSPS) is 17.2. The van der Waals surface area contributed by atoms with Gasteiger partial charge in [0.25, 0.3) is 0 Å². The van der Waals surface area contributed by atoms with E-state index in [9.17, 15) is 8.42 Å². The Kier molecular flexibility index (Phi) is 15.2. The summed E-state index contributed by atoms with van der Waals surface area (Å²) in [4.78, 5) is 2.87. The quantitative estimate of drug-likeness (QED) is 0.0617. The second kappa shape index (κ2) is 19.8. The first-order chi connectivity index (χ1) is 26.5. The van der Waals surface area contributed by atoms with Crippen molar-refractivity contribution in [3.05, 3.63) is 137 Å². The van der Waals surface area contributed by atoms with E-state index < -0.39 is 9.84 Å². The number of nitrogens with zero attached hydrogens (tertiary/aromatic N) is 2. The van der Waals surface area contributed by atoms with Crippen molar-refractivity contribution in [1.29, 1.82) is 0 Å². The molecule has 0 spiro atoms. The molecule has 0 atom stereocenters. The van der Waals surface area contributed by atoms with Gasteiger partial charge < -0.3 is 4.90 Å². The molecule has 2 heterocycles. The standard InChI is InChI=1S/C50H67N2O2S/c1-7-9-11-15-26-38-51-45-33-24-22-31-43(45)49(3,4)47(51)35-21-14-13-18-28-41(40-55(53,54)42-29-19-17-20-30-42)36-37-48-50(5,6)44-32-23-25-34-46(44)52(48)39-27-16-12-10-8-2/h14,17,19-25,29-37,40H,7-13,15-16,18,26-28,38-39H2,1-6H3/q+1/b21-14?,37-36?,41-40-,47-35?. The van der Waals surface area contributed by atoms with Gasteiger partial charge in [-0.05, 0) is 81.4 Å². The van der Waals surface area contributed by atoms with E-state index in [1.165, 1.54) is 97.1 Å². The van der Waals surface area contributed by atoms with Crippen molar-refractivity contribution in [1.82, 2.24) is 0 Å². The Morgan fingerprint density at radius 3 is 2.07 bits per heavy atom. The number of fused-ring (bicyclic) bond motifs is 2. The molecule has 0 fully saturated rings. The molecule has 2 aliphatic heterocycles. The summed E-state index contributed by atoms with van der Waals surface area (Å²) in [6.07, 6.45) is 25.9. The lowest BCUT2D eigenvalue weighted by molar-refractivity contribution is -0.438. The molecule has 294 valence electrons. The third-order valence-corrected chi connectivity index (χ3v) is 13.2. The van der Waals surface area contributed by atoms with E-state index in [4.69, 9.17) is 0 Å². The number of anilines is 1. The van der Waals surface area contributed by atoms with Gasteiger partial charge in [0, 0.05) is 52.9 Å². The van der Waals surface area contributed by atoms with Crippen molar-refractivity contribution in [2.24, 2.45) is 0 Å². The second-order valence-corrected chi connectivity index (χ2v) is 18.4. The van der Waals surface area contributed by atoms with Crippen molar-refractivity contribution < 1.29 is 13.0 Å². The molecule has 0 amide bonds. The van der Waals surface area contributed by atoms with Crippen LogP contribution in [0.25, 0.3) is 0 Å². The summed E-state index contributed by atoms with van der Waals surface area (Å²) in [5.41, 5.74) is 8.49. The molecule has 0 saturated carbocycles. The van der Waals surface area contributed by atoms with E-state index >= 15 is 0 Å². The molecule has 5 heteroatoms. The summed E-state index contributed by atoms with van der Waals surface area (Å²) in [6, 6.07) is 26.4. The maximum absolute atomic E-state index is 13.7. The van der Waals surface area contributed by atoms with Crippen LogP contribution in [0.3, 0.4) is 0 Å². The smallest absolute Gasteiger partial charge is 0.209 e. The van der Waals surface area contributed by atoms with Crippen LogP contribution in [0, 0.1) is 0 Å². The number of hydrogen-bond acceptors (Lipinski definition) is 3. The van der Waals surface area contributed by atoms with E-state index in [-0.39, 0.29) is 10.8 Å². The fourth-order valence-corrected chi connectivity index (χ4v) is 9.70. The zero-order chi connectivity index (χ0) is 39.3. The summed E-state index contributed by atoms with van der Waals surface area (Å²) in [5.74, 6) is 0. The number of unbranched alkanes of at least 4 members (excludes halogenated alkanes) is 9. The zero-order valence-electron chi connectivity index (χ0n) is 34.7. The third-order valence-electron chi connectivity index (χ3n) is 11.6. The highest BCUT2D eigenvalue weighted by Crippen LogP contribution is 2.47. The van der Waals surface area contributed by atoms with Crippen LogP contribution in [0.5, 0.6) is 0 Å². The van der Waals surface area contributed by atoms with Crippen LogP contribution in [0.15, 0.2) is 131 Å². The lowest BCUT2D eigenvalue weighted by atomic mass is 9.81. The number of hydrogen-bond donors (Lipinski definition) is 0. The molecule has 55 heavy (non-hydrogen) atoms. The van der Waals surface area contributed by atoms with Gasteiger partial charge in [-0.3, -0.25) is 0 Å². The molecular weight excluding hydrogens is 693 g/mol. The lowest BCUT2D eigenvalue weighted by Gasteiger charge is -2.27. The molecule has 0 aromatic heterocycles. The van der Waals surface area contributed by atoms with Crippen molar-refractivity contribution in [3.63, 3.8) is 0 Å². The Bertz CT molecular complexity index is 1980. The molecule has 3 aromatic carbocycles. The van der Waals surface area contributed by atoms with Gasteiger partial charge in [-0.1, -0.05) is 145 Å². The van der Waals surface area contributed by atoms with Gasteiger partial charge in [0.05, 0.1) is 10.3 Å². The van der Waals surface area contributed by atoms with Gasteiger partial charge in [0.15, 0.2) is 15.5 Å². The molecule has 5 rings (SSSR count).